The minimum absolute atomic E-state index is 0.904. The molecule has 17 heavy (non-hydrogen) atoms. The Kier molecular flexibility index (Phi) is 8.13. The Morgan fingerprint density at radius 3 is 2.59 bits per heavy atom. The second kappa shape index (κ2) is 9.50. The topological polar surface area (TPSA) is 0 Å². The van der Waals surface area contributed by atoms with Crippen molar-refractivity contribution in [3.63, 3.8) is 0 Å². The zero-order chi connectivity index (χ0) is 12.3. The molecule has 0 aromatic carbocycles. The van der Waals surface area contributed by atoms with E-state index in [2.05, 4.69) is 32.1 Å². The van der Waals surface area contributed by atoms with E-state index >= 15 is 0 Å². The number of hydrogen-bond donors (Lipinski definition) is 0. The van der Waals surface area contributed by atoms with E-state index in [0.29, 0.717) is 0 Å². The van der Waals surface area contributed by atoms with Crippen molar-refractivity contribution in [3.8, 4) is 0 Å². The van der Waals surface area contributed by atoms with Gasteiger partial charge in [-0.25, -0.2) is 0 Å². The van der Waals surface area contributed by atoms with Crippen LogP contribution in [0.25, 0.3) is 0 Å². The van der Waals surface area contributed by atoms with Gasteiger partial charge in [0.15, 0.2) is 0 Å². The molecule has 0 aliphatic heterocycles. The molecule has 0 nitrogen and oxygen atoms in total. The van der Waals surface area contributed by atoms with E-state index in [4.69, 9.17) is 0 Å². The highest BCUT2D eigenvalue weighted by Gasteiger charge is 2.08. The Balaban J connectivity index is 2.03. The molecule has 1 rings (SSSR count). The molecular weight excluding hydrogens is 204 g/mol. The molecule has 0 bridgehead atoms. The van der Waals surface area contributed by atoms with Crippen molar-refractivity contribution in [3.05, 3.63) is 23.8 Å². The van der Waals surface area contributed by atoms with Crippen molar-refractivity contribution in [2.45, 2.75) is 78.1 Å². The SMILES string of the molecule is CCCC(C)=CCCCC=CC1CCCCC1. The van der Waals surface area contributed by atoms with Crippen molar-refractivity contribution in [2.75, 3.05) is 0 Å². The number of rotatable bonds is 7. The van der Waals surface area contributed by atoms with Crippen LogP contribution < -0.4 is 0 Å². The summed E-state index contributed by atoms with van der Waals surface area (Å²) in [5.74, 6) is 0.904. The second-order valence-electron chi connectivity index (χ2n) is 5.56. The summed E-state index contributed by atoms with van der Waals surface area (Å²) in [6.07, 6.45) is 21.0. The van der Waals surface area contributed by atoms with Crippen molar-refractivity contribution in [1.82, 2.24) is 0 Å². The molecule has 0 unspecified atom stereocenters. The second-order valence-corrected chi connectivity index (χ2v) is 5.56. The molecular formula is C17H30. The highest BCUT2D eigenvalue weighted by atomic mass is 14.1. The quantitative estimate of drug-likeness (QED) is 0.372. The first-order valence-corrected chi connectivity index (χ1v) is 7.65. The van der Waals surface area contributed by atoms with Gasteiger partial charge in [0.2, 0.25) is 0 Å². The van der Waals surface area contributed by atoms with Gasteiger partial charge in [-0.3, -0.25) is 0 Å². The predicted octanol–water partition coefficient (Wildman–Crippen LogP) is 6.04. The van der Waals surface area contributed by atoms with Gasteiger partial charge in [-0.2, -0.15) is 0 Å². The largest absolute Gasteiger partial charge is 0.0882 e. The third-order valence-corrected chi connectivity index (χ3v) is 3.77. The maximum Gasteiger partial charge on any atom is -0.0234 e. The minimum Gasteiger partial charge on any atom is -0.0882 e. The molecule has 0 aromatic rings. The van der Waals surface area contributed by atoms with E-state index in [-0.39, 0.29) is 0 Å². The summed E-state index contributed by atoms with van der Waals surface area (Å²) in [5, 5.41) is 0. The first kappa shape index (κ1) is 14.5. The van der Waals surface area contributed by atoms with Crippen LogP contribution in [0.4, 0.5) is 0 Å². The normalized spacial score (nSPS) is 19.1. The molecule has 98 valence electrons. The van der Waals surface area contributed by atoms with E-state index in [1.165, 1.54) is 64.2 Å². The Morgan fingerprint density at radius 2 is 1.88 bits per heavy atom. The van der Waals surface area contributed by atoms with Gasteiger partial charge in [0.05, 0.1) is 0 Å². The highest BCUT2D eigenvalue weighted by molar-refractivity contribution is 4.98. The van der Waals surface area contributed by atoms with Gasteiger partial charge in [-0.15, -0.1) is 0 Å². The van der Waals surface area contributed by atoms with Gasteiger partial charge < -0.3 is 0 Å². The summed E-state index contributed by atoms with van der Waals surface area (Å²) in [5.41, 5.74) is 1.57. The van der Waals surface area contributed by atoms with E-state index in [0.717, 1.165) is 5.92 Å². The Bertz CT molecular complexity index is 228. The van der Waals surface area contributed by atoms with Crippen LogP contribution in [-0.4, -0.2) is 0 Å². The van der Waals surface area contributed by atoms with Crippen LogP contribution in [0.3, 0.4) is 0 Å². The molecule has 0 saturated heterocycles. The minimum atomic E-state index is 0.904. The van der Waals surface area contributed by atoms with Crippen molar-refractivity contribution in [2.24, 2.45) is 5.92 Å². The lowest BCUT2D eigenvalue weighted by Crippen LogP contribution is -2.02. The number of allylic oxidation sites excluding steroid dienone is 4. The molecule has 1 aliphatic carbocycles. The van der Waals surface area contributed by atoms with Gasteiger partial charge in [0.1, 0.15) is 0 Å². The summed E-state index contributed by atoms with van der Waals surface area (Å²) in [6.45, 7) is 4.52. The Morgan fingerprint density at radius 1 is 1.12 bits per heavy atom. The zero-order valence-corrected chi connectivity index (χ0v) is 11.9. The Hall–Kier alpha value is -0.520. The molecule has 1 fully saturated rings. The van der Waals surface area contributed by atoms with Crippen LogP contribution in [0.15, 0.2) is 23.8 Å². The third kappa shape index (κ3) is 7.41. The van der Waals surface area contributed by atoms with Crippen molar-refractivity contribution < 1.29 is 0 Å². The van der Waals surface area contributed by atoms with E-state index in [1.54, 1.807) is 5.57 Å². The van der Waals surface area contributed by atoms with Crippen molar-refractivity contribution >= 4 is 0 Å². The predicted molar refractivity (Wildman–Crippen MR) is 78.2 cm³/mol. The molecule has 0 heteroatoms. The fourth-order valence-corrected chi connectivity index (χ4v) is 2.70. The highest BCUT2D eigenvalue weighted by Crippen LogP contribution is 2.24. The maximum absolute atomic E-state index is 2.49. The van der Waals surface area contributed by atoms with Gasteiger partial charge >= 0.3 is 0 Å². The monoisotopic (exact) mass is 234 g/mol. The molecule has 1 saturated carbocycles. The summed E-state index contributed by atoms with van der Waals surface area (Å²) >= 11 is 0. The zero-order valence-electron chi connectivity index (χ0n) is 11.9. The molecule has 0 radical (unpaired) electrons. The van der Waals surface area contributed by atoms with Gasteiger partial charge in [0.25, 0.3) is 0 Å². The fraction of sp³-hybridized carbons (Fsp3) is 0.765. The van der Waals surface area contributed by atoms with Crippen LogP contribution >= 0.6 is 0 Å². The lowest BCUT2D eigenvalue weighted by molar-refractivity contribution is 0.418. The molecule has 0 spiro atoms. The first-order chi connectivity index (χ1) is 8.33. The third-order valence-electron chi connectivity index (χ3n) is 3.77. The lowest BCUT2D eigenvalue weighted by atomic mass is 9.89. The van der Waals surface area contributed by atoms with Crippen LogP contribution in [0.1, 0.15) is 78.1 Å². The molecule has 0 amide bonds. The average molecular weight is 234 g/mol. The average Bonchev–Trinajstić information content (AvgIpc) is 2.35. The number of unbranched alkanes of at least 4 members (excludes halogenated alkanes) is 2. The van der Waals surface area contributed by atoms with E-state index in [1.807, 2.05) is 0 Å². The van der Waals surface area contributed by atoms with Crippen LogP contribution in [0, 0.1) is 5.92 Å². The van der Waals surface area contributed by atoms with Crippen LogP contribution in [0.2, 0.25) is 0 Å². The summed E-state index contributed by atoms with van der Waals surface area (Å²) in [4.78, 5) is 0. The smallest absolute Gasteiger partial charge is 0.0234 e. The first-order valence-electron chi connectivity index (χ1n) is 7.65. The molecule has 0 atom stereocenters. The number of hydrogen-bond acceptors (Lipinski definition) is 0. The maximum atomic E-state index is 2.49. The molecule has 0 heterocycles. The lowest BCUT2D eigenvalue weighted by Gasteiger charge is -2.17. The van der Waals surface area contributed by atoms with E-state index < -0.39 is 0 Å². The molecule has 0 N–H and O–H groups in total. The summed E-state index contributed by atoms with van der Waals surface area (Å²) in [7, 11) is 0. The standard InChI is InChI=1S/C17H30/c1-3-11-16(2)12-7-4-5-8-13-17-14-9-6-10-15-17/h8,12-13,17H,3-7,9-11,14-15H2,1-2H3. The van der Waals surface area contributed by atoms with Crippen LogP contribution in [0.5, 0.6) is 0 Å². The molecule has 1 aliphatic rings. The Labute approximate surface area is 108 Å². The van der Waals surface area contributed by atoms with Gasteiger partial charge in [0, 0.05) is 0 Å². The van der Waals surface area contributed by atoms with Crippen molar-refractivity contribution in [1.29, 1.82) is 0 Å². The van der Waals surface area contributed by atoms with Gasteiger partial charge in [-0.05, 0) is 51.4 Å². The van der Waals surface area contributed by atoms with E-state index in [9.17, 15) is 0 Å². The van der Waals surface area contributed by atoms with Crippen LogP contribution in [-0.2, 0) is 0 Å². The van der Waals surface area contributed by atoms with Gasteiger partial charge in [-0.1, -0.05) is 56.4 Å². The molecule has 0 aromatic heterocycles. The summed E-state index contributed by atoms with van der Waals surface area (Å²) in [6, 6.07) is 0. The summed E-state index contributed by atoms with van der Waals surface area (Å²) < 4.78 is 0. The fourth-order valence-electron chi connectivity index (χ4n) is 2.70.